The van der Waals surface area contributed by atoms with Crippen molar-refractivity contribution in [1.82, 2.24) is 0 Å². The first kappa shape index (κ1) is 14.7. The first-order chi connectivity index (χ1) is 9.95. The normalized spacial score (nSPS) is 10.0. The van der Waals surface area contributed by atoms with Gasteiger partial charge in [0.05, 0.1) is 5.56 Å². The van der Waals surface area contributed by atoms with Crippen LogP contribution in [0.25, 0.3) is 0 Å². The lowest BCUT2D eigenvalue weighted by Crippen LogP contribution is -2.10. The van der Waals surface area contributed by atoms with Crippen molar-refractivity contribution >= 4 is 11.9 Å². The molecule has 0 atom stereocenters. The van der Waals surface area contributed by atoms with Crippen LogP contribution in [0.1, 0.15) is 22.8 Å². The van der Waals surface area contributed by atoms with Crippen LogP contribution >= 0.6 is 0 Å². The first-order valence-corrected chi connectivity index (χ1v) is 6.22. The molecule has 0 aliphatic heterocycles. The van der Waals surface area contributed by atoms with E-state index < -0.39 is 17.8 Å². The molecule has 0 bridgehead atoms. The SMILES string of the molecule is CC(=O)Oc1ccc(C(=O)Oc2ccc(C)cc2)cc1F. The number of carbonyl (C=O) groups excluding carboxylic acids is 2. The summed E-state index contributed by atoms with van der Waals surface area (Å²) in [7, 11) is 0. The number of rotatable bonds is 3. The minimum atomic E-state index is -0.802. The number of hydrogen-bond donors (Lipinski definition) is 0. The van der Waals surface area contributed by atoms with Crippen LogP contribution in [0.5, 0.6) is 11.5 Å². The van der Waals surface area contributed by atoms with Crippen molar-refractivity contribution in [2.75, 3.05) is 0 Å². The van der Waals surface area contributed by atoms with E-state index in [2.05, 4.69) is 4.74 Å². The van der Waals surface area contributed by atoms with E-state index in [0.29, 0.717) is 5.75 Å². The van der Waals surface area contributed by atoms with Crippen molar-refractivity contribution in [1.29, 1.82) is 0 Å². The van der Waals surface area contributed by atoms with Crippen molar-refractivity contribution in [2.24, 2.45) is 0 Å². The summed E-state index contributed by atoms with van der Waals surface area (Å²) in [5.41, 5.74) is 1.07. The lowest BCUT2D eigenvalue weighted by Gasteiger charge is -2.07. The minimum Gasteiger partial charge on any atom is -0.424 e. The molecule has 0 fully saturated rings. The summed E-state index contributed by atoms with van der Waals surface area (Å²) >= 11 is 0. The van der Waals surface area contributed by atoms with E-state index in [1.54, 1.807) is 24.3 Å². The van der Waals surface area contributed by atoms with Crippen LogP contribution in [0.15, 0.2) is 42.5 Å². The van der Waals surface area contributed by atoms with Gasteiger partial charge in [0.25, 0.3) is 0 Å². The number of benzene rings is 2. The highest BCUT2D eigenvalue weighted by molar-refractivity contribution is 5.91. The quantitative estimate of drug-likeness (QED) is 0.642. The standard InChI is InChI=1S/C16H13FO4/c1-10-3-6-13(7-4-10)21-16(19)12-5-8-15(14(17)9-12)20-11(2)18/h3-9H,1-2H3. The predicted octanol–water partition coefficient (Wildman–Crippen LogP) is 3.28. The third-order valence-electron chi connectivity index (χ3n) is 2.65. The van der Waals surface area contributed by atoms with E-state index >= 15 is 0 Å². The van der Waals surface area contributed by atoms with Gasteiger partial charge in [-0.15, -0.1) is 0 Å². The molecule has 4 nitrogen and oxygen atoms in total. The first-order valence-electron chi connectivity index (χ1n) is 6.22. The summed E-state index contributed by atoms with van der Waals surface area (Å²) < 4.78 is 23.4. The molecule has 0 unspecified atom stereocenters. The number of carbonyl (C=O) groups is 2. The molecule has 0 N–H and O–H groups in total. The number of hydrogen-bond acceptors (Lipinski definition) is 4. The molecular formula is C16H13FO4. The molecule has 2 aromatic carbocycles. The molecule has 0 radical (unpaired) electrons. The van der Waals surface area contributed by atoms with E-state index in [1.807, 2.05) is 6.92 Å². The summed E-state index contributed by atoms with van der Waals surface area (Å²) in [4.78, 5) is 22.7. The number of ether oxygens (including phenoxy) is 2. The molecule has 2 rings (SSSR count). The topological polar surface area (TPSA) is 52.6 Å². The molecule has 0 amide bonds. The summed E-state index contributed by atoms with van der Waals surface area (Å²) in [6.07, 6.45) is 0. The van der Waals surface area contributed by atoms with Gasteiger partial charge in [-0.2, -0.15) is 0 Å². The maximum atomic E-state index is 13.7. The third kappa shape index (κ3) is 3.89. The van der Waals surface area contributed by atoms with Crippen LogP contribution < -0.4 is 9.47 Å². The largest absolute Gasteiger partial charge is 0.424 e. The van der Waals surface area contributed by atoms with Crippen molar-refractivity contribution in [3.63, 3.8) is 0 Å². The molecule has 0 aliphatic rings. The molecule has 0 heterocycles. The van der Waals surface area contributed by atoms with Gasteiger partial charge in [0, 0.05) is 6.92 Å². The van der Waals surface area contributed by atoms with Crippen LogP contribution in [0, 0.1) is 12.7 Å². The Morgan fingerprint density at radius 2 is 1.67 bits per heavy atom. The van der Waals surface area contributed by atoms with E-state index in [4.69, 9.17) is 4.74 Å². The fraction of sp³-hybridized carbons (Fsp3) is 0.125. The highest BCUT2D eigenvalue weighted by Gasteiger charge is 2.13. The van der Waals surface area contributed by atoms with Crippen molar-refractivity contribution in [3.8, 4) is 11.5 Å². The average Bonchev–Trinajstić information content (AvgIpc) is 2.43. The van der Waals surface area contributed by atoms with Gasteiger partial charge in [0.2, 0.25) is 0 Å². The Morgan fingerprint density at radius 1 is 1.00 bits per heavy atom. The van der Waals surface area contributed by atoms with Gasteiger partial charge in [0.15, 0.2) is 11.6 Å². The van der Waals surface area contributed by atoms with Crippen LogP contribution in [-0.2, 0) is 4.79 Å². The molecule has 108 valence electrons. The second-order valence-electron chi connectivity index (χ2n) is 4.44. The number of aryl methyl sites for hydroxylation is 1. The van der Waals surface area contributed by atoms with E-state index in [1.165, 1.54) is 19.1 Å². The molecule has 0 aromatic heterocycles. The van der Waals surface area contributed by atoms with Gasteiger partial charge < -0.3 is 9.47 Å². The maximum absolute atomic E-state index is 13.7. The zero-order valence-corrected chi connectivity index (χ0v) is 11.6. The Labute approximate surface area is 121 Å². The molecule has 0 saturated heterocycles. The van der Waals surface area contributed by atoms with Gasteiger partial charge in [-0.1, -0.05) is 17.7 Å². The van der Waals surface area contributed by atoms with Crippen molar-refractivity contribution in [3.05, 3.63) is 59.4 Å². The smallest absolute Gasteiger partial charge is 0.343 e. The van der Waals surface area contributed by atoms with Gasteiger partial charge in [-0.05, 0) is 37.3 Å². The predicted molar refractivity (Wildman–Crippen MR) is 73.8 cm³/mol. The Morgan fingerprint density at radius 3 is 2.24 bits per heavy atom. The van der Waals surface area contributed by atoms with Crippen LogP contribution in [0.4, 0.5) is 4.39 Å². The highest BCUT2D eigenvalue weighted by Crippen LogP contribution is 2.20. The second kappa shape index (κ2) is 6.17. The van der Waals surface area contributed by atoms with Crippen molar-refractivity contribution < 1.29 is 23.5 Å². The van der Waals surface area contributed by atoms with Crippen LogP contribution in [0.3, 0.4) is 0 Å². The van der Waals surface area contributed by atoms with Gasteiger partial charge >= 0.3 is 11.9 Å². The fourth-order valence-electron chi connectivity index (χ4n) is 1.64. The van der Waals surface area contributed by atoms with E-state index in [9.17, 15) is 14.0 Å². The van der Waals surface area contributed by atoms with E-state index in [0.717, 1.165) is 11.6 Å². The lowest BCUT2D eigenvalue weighted by atomic mass is 10.2. The number of esters is 2. The monoisotopic (exact) mass is 288 g/mol. The fourth-order valence-corrected chi connectivity index (χ4v) is 1.64. The lowest BCUT2D eigenvalue weighted by molar-refractivity contribution is -0.132. The Bertz CT molecular complexity index is 677. The molecular weight excluding hydrogens is 275 g/mol. The molecule has 0 aliphatic carbocycles. The summed E-state index contributed by atoms with van der Waals surface area (Å²) in [5.74, 6) is -1.98. The average molecular weight is 288 g/mol. The zero-order valence-electron chi connectivity index (χ0n) is 11.6. The zero-order chi connectivity index (χ0) is 15.4. The van der Waals surface area contributed by atoms with Gasteiger partial charge in [0.1, 0.15) is 5.75 Å². The van der Waals surface area contributed by atoms with Gasteiger partial charge in [-0.25, -0.2) is 9.18 Å². The van der Waals surface area contributed by atoms with E-state index in [-0.39, 0.29) is 11.3 Å². The van der Waals surface area contributed by atoms with Gasteiger partial charge in [-0.3, -0.25) is 4.79 Å². The summed E-state index contributed by atoms with van der Waals surface area (Å²) in [6, 6.07) is 10.4. The summed E-state index contributed by atoms with van der Waals surface area (Å²) in [5, 5.41) is 0. The van der Waals surface area contributed by atoms with Crippen LogP contribution in [0.2, 0.25) is 0 Å². The Hall–Kier alpha value is -2.69. The molecule has 5 heteroatoms. The number of halogens is 1. The van der Waals surface area contributed by atoms with Crippen LogP contribution in [-0.4, -0.2) is 11.9 Å². The van der Waals surface area contributed by atoms with Crippen molar-refractivity contribution in [2.45, 2.75) is 13.8 Å². The second-order valence-corrected chi connectivity index (χ2v) is 4.44. The minimum absolute atomic E-state index is 0.0315. The molecule has 2 aromatic rings. The molecule has 0 spiro atoms. The molecule has 21 heavy (non-hydrogen) atoms. The Balaban J connectivity index is 2.14. The third-order valence-corrected chi connectivity index (χ3v) is 2.65. The maximum Gasteiger partial charge on any atom is 0.343 e. The molecule has 0 saturated carbocycles. The Kier molecular flexibility index (Phi) is 4.33. The summed E-state index contributed by atoms with van der Waals surface area (Å²) in [6.45, 7) is 3.08. The highest BCUT2D eigenvalue weighted by atomic mass is 19.1.